The lowest BCUT2D eigenvalue weighted by atomic mass is 10.2. The maximum atomic E-state index is 12.9. The molecular weight excluding hydrogens is 353 g/mol. The fraction of sp³-hybridized carbons (Fsp3) is 0. The second-order valence-corrected chi connectivity index (χ2v) is 6.14. The number of nitrogens with one attached hydrogen (secondary N) is 2. The van der Waals surface area contributed by atoms with Gasteiger partial charge in [0.05, 0.1) is 0 Å². The van der Waals surface area contributed by atoms with Gasteiger partial charge in [-0.05, 0) is 42.0 Å². The second-order valence-electron chi connectivity index (χ2n) is 5.25. The van der Waals surface area contributed by atoms with E-state index in [-0.39, 0.29) is 17.6 Å². The molecule has 2 aromatic carbocycles. The van der Waals surface area contributed by atoms with E-state index in [1.165, 1.54) is 29.5 Å². The maximum Gasteiger partial charge on any atom is 0.257 e. The summed E-state index contributed by atoms with van der Waals surface area (Å²) in [5.41, 5.74) is 1.60. The minimum Gasteiger partial charge on any atom is -0.322 e. The highest BCUT2D eigenvalue weighted by Crippen LogP contribution is 2.15. The van der Waals surface area contributed by atoms with E-state index in [9.17, 15) is 14.0 Å². The van der Waals surface area contributed by atoms with Crippen molar-refractivity contribution >= 4 is 40.0 Å². The van der Waals surface area contributed by atoms with E-state index in [1.807, 2.05) is 0 Å². The zero-order valence-corrected chi connectivity index (χ0v) is 14.3. The Morgan fingerprint density at radius 2 is 1.88 bits per heavy atom. The Morgan fingerprint density at radius 3 is 2.62 bits per heavy atom. The Bertz CT molecular complexity index is 938. The highest BCUT2D eigenvalue weighted by molar-refractivity contribution is 7.13. The molecule has 3 aromatic rings. The largest absolute Gasteiger partial charge is 0.322 e. The first-order valence-corrected chi connectivity index (χ1v) is 8.54. The van der Waals surface area contributed by atoms with Crippen LogP contribution in [0.25, 0.3) is 6.08 Å². The van der Waals surface area contributed by atoms with Crippen LogP contribution in [0.2, 0.25) is 0 Å². The SMILES string of the molecule is O=C(/C=C/c1ccc(F)cc1)Nc1cccc(C(=O)Nc2nccs2)c1. The van der Waals surface area contributed by atoms with Gasteiger partial charge in [0, 0.05) is 28.9 Å². The van der Waals surface area contributed by atoms with Gasteiger partial charge < -0.3 is 5.32 Å². The van der Waals surface area contributed by atoms with Gasteiger partial charge in [-0.15, -0.1) is 11.3 Å². The molecule has 3 rings (SSSR count). The number of amides is 2. The number of benzene rings is 2. The van der Waals surface area contributed by atoms with E-state index >= 15 is 0 Å². The van der Waals surface area contributed by atoms with Crippen LogP contribution in [0.1, 0.15) is 15.9 Å². The van der Waals surface area contributed by atoms with Crippen molar-refractivity contribution in [1.82, 2.24) is 4.98 Å². The highest BCUT2D eigenvalue weighted by atomic mass is 32.1. The molecular formula is C19H14FN3O2S. The minimum atomic E-state index is -0.355. The van der Waals surface area contributed by atoms with Crippen molar-refractivity contribution in [1.29, 1.82) is 0 Å². The normalized spacial score (nSPS) is 10.7. The molecule has 7 heteroatoms. The quantitative estimate of drug-likeness (QED) is 0.665. The summed E-state index contributed by atoms with van der Waals surface area (Å²) in [5, 5.41) is 7.64. The zero-order chi connectivity index (χ0) is 18.4. The van der Waals surface area contributed by atoms with Crippen molar-refractivity contribution in [2.24, 2.45) is 0 Å². The van der Waals surface area contributed by atoms with E-state index in [2.05, 4.69) is 15.6 Å². The first-order valence-electron chi connectivity index (χ1n) is 7.66. The van der Waals surface area contributed by atoms with Crippen molar-refractivity contribution < 1.29 is 14.0 Å². The van der Waals surface area contributed by atoms with Crippen molar-refractivity contribution in [2.75, 3.05) is 10.6 Å². The molecule has 0 radical (unpaired) electrons. The number of thiazole rings is 1. The molecule has 0 aliphatic rings. The fourth-order valence-corrected chi connectivity index (χ4v) is 2.65. The molecule has 2 amide bonds. The zero-order valence-electron chi connectivity index (χ0n) is 13.5. The van der Waals surface area contributed by atoms with Crippen LogP contribution in [0.4, 0.5) is 15.2 Å². The van der Waals surface area contributed by atoms with Crippen LogP contribution in [0.3, 0.4) is 0 Å². The second kappa shape index (κ2) is 8.17. The molecule has 1 heterocycles. The number of halogens is 1. The van der Waals surface area contributed by atoms with E-state index in [0.717, 1.165) is 0 Å². The molecule has 1 aromatic heterocycles. The molecule has 0 aliphatic heterocycles. The van der Waals surface area contributed by atoms with Gasteiger partial charge in [-0.3, -0.25) is 14.9 Å². The molecule has 0 spiro atoms. The number of anilines is 2. The van der Waals surface area contributed by atoms with E-state index in [4.69, 9.17) is 0 Å². The number of hydrogen-bond acceptors (Lipinski definition) is 4. The molecule has 0 fully saturated rings. The number of rotatable bonds is 5. The maximum absolute atomic E-state index is 12.9. The Balaban J connectivity index is 1.63. The monoisotopic (exact) mass is 367 g/mol. The van der Waals surface area contributed by atoms with Crippen molar-refractivity contribution in [3.8, 4) is 0 Å². The number of aromatic nitrogens is 1. The van der Waals surface area contributed by atoms with Crippen molar-refractivity contribution in [3.63, 3.8) is 0 Å². The van der Waals surface area contributed by atoms with E-state index in [1.54, 1.807) is 54.1 Å². The Kier molecular flexibility index (Phi) is 5.50. The standard InChI is InChI=1S/C19H14FN3O2S/c20-15-7-4-13(5-8-15)6-9-17(24)22-16-3-1-2-14(12-16)18(25)23-19-21-10-11-26-19/h1-12H,(H,22,24)(H,21,23,25)/b9-6+. The summed E-state index contributed by atoms with van der Waals surface area (Å²) in [7, 11) is 0. The molecule has 130 valence electrons. The van der Waals surface area contributed by atoms with Gasteiger partial charge in [0.1, 0.15) is 5.82 Å². The van der Waals surface area contributed by atoms with Crippen LogP contribution in [-0.2, 0) is 4.79 Å². The highest BCUT2D eigenvalue weighted by Gasteiger charge is 2.08. The van der Waals surface area contributed by atoms with Crippen LogP contribution >= 0.6 is 11.3 Å². The average Bonchev–Trinajstić information content (AvgIpc) is 3.14. The predicted octanol–water partition coefficient (Wildman–Crippen LogP) is 4.19. The summed E-state index contributed by atoms with van der Waals surface area (Å²) in [6, 6.07) is 12.4. The number of carbonyl (C=O) groups is 2. The van der Waals surface area contributed by atoms with Crippen LogP contribution < -0.4 is 10.6 Å². The van der Waals surface area contributed by atoms with Gasteiger partial charge in [0.15, 0.2) is 5.13 Å². The molecule has 5 nitrogen and oxygen atoms in total. The Morgan fingerprint density at radius 1 is 1.08 bits per heavy atom. The molecule has 2 N–H and O–H groups in total. The summed E-state index contributed by atoms with van der Waals surface area (Å²) in [6.45, 7) is 0. The molecule has 0 atom stereocenters. The third-order valence-electron chi connectivity index (χ3n) is 3.34. The molecule has 0 saturated heterocycles. The fourth-order valence-electron chi connectivity index (χ4n) is 2.12. The number of carbonyl (C=O) groups excluding carboxylic acids is 2. The van der Waals surface area contributed by atoms with Gasteiger partial charge >= 0.3 is 0 Å². The summed E-state index contributed by atoms with van der Waals surface area (Å²) in [5.74, 6) is -0.996. The predicted molar refractivity (Wildman–Crippen MR) is 101 cm³/mol. The molecule has 0 bridgehead atoms. The Labute approximate surface area is 153 Å². The molecule has 0 saturated carbocycles. The van der Waals surface area contributed by atoms with Crippen molar-refractivity contribution in [2.45, 2.75) is 0 Å². The number of hydrogen-bond donors (Lipinski definition) is 2. The van der Waals surface area contributed by atoms with Gasteiger partial charge in [0.2, 0.25) is 5.91 Å². The number of nitrogens with zero attached hydrogens (tertiary/aromatic N) is 1. The van der Waals surface area contributed by atoms with Crippen LogP contribution in [0.5, 0.6) is 0 Å². The minimum absolute atomic E-state index is 0.307. The van der Waals surface area contributed by atoms with E-state index in [0.29, 0.717) is 21.9 Å². The van der Waals surface area contributed by atoms with Crippen LogP contribution in [0, 0.1) is 5.82 Å². The van der Waals surface area contributed by atoms with Gasteiger partial charge in [-0.2, -0.15) is 0 Å². The summed E-state index contributed by atoms with van der Waals surface area (Å²) >= 11 is 1.32. The first kappa shape index (κ1) is 17.5. The van der Waals surface area contributed by atoms with Gasteiger partial charge in [-0.25, -0.2) is 9.37 Å². The summed E-state index contributed by atoms with van der Waals surface area (Å²) in [4.78, 5) is 28.2. The first-order chi connectivity index (χ1) is 12.6. The smallest absolute Gasteiger partial charge is 0.257 e. The average molecular weight is 367 g/mol. The third kappa shape index (κ3) is 4.84. The van der Waals surface area contributed by atoms with Gasteiger partial charge in [0.25, 0.3) is 5.91 Å². The topological polar surface area (TPSA) is 71.1 Å². The lowest BCUT2D eigenvalue weighted by molar-refractivity contribution is -0.111. The van der Waals surface area contributed by atoms with Crippen LogP contribution in [-0.4, -0.2) is 16.8 Å². The van der Waals surface area contributed by atoms with E-state index < -0.39 is 0 Å². The third-order valence-corrected chi connectivity index (χ3v) is 4.03. The molecule has 0 unspecified atom stereocenters. The summed E-state index contributed by atoms with van der Waals surface area (Å²) < 4.78 is 12.9. The van der Waals surface area contributed by atoms with Gasteiger partial charge in [-0.1, -0.05) is 18.2 Å². The summed E-state index contributed by atoms with van der Waals surface area (Å²) in [6.07, 6.45) is 4.52. The Hall–Kier alpha value is -3.32. The molecule has 0 aliphatic carbocycles. The van der Waals surface area contributed by atoms with Crippen LogP contribution in [0.15, 0.2) is 66.2 Å². The lowest BCUT2D eigenvalue weighted by Crippen LogP contribution is -2.13. The molecule has 26 heavy (non-hydrogen) atoms. The van der Waals surface area contributed by atoms with Crippen molar-refractivity contribution in [3.05, 3.63) is 83.1 Å². The lowest BCUT2D eigenvalue weighted by Gasteiger charge is -2.06.